The summed E-state index contributed by atoms with van der Waals surface area (Å²) in [7, 11) is 2.00. The van der Waals surface area contributed by atoms with Gasteiger partial charge in [0.25, 0.3) is 0 Å². The summed E-state index contributed by atoms with van der Waals surface area (Å²) in [6, 6.07) is 5.78. The van der Waals surface area contributed by atoms with Crippen LogP contribution in [0.25, 0.3) is 0 Å². The monoisotopic (exact) mass is 287 g/mol. The lowest BCUT2D eigenvalue weighted by Gasteiger charge is -2.09. The topological polar surface area (TPSA) is 88.5 Å². The fourth-order valence-electron chi connectivity index (χ4n) is 2.17. The maximum atomic E-state index is 8.68. The van der Waals surface area contributed by atoms with Crippen LogP contribution in [0.4, 0.5) is 0 Å². The van der Waals surface area contributed by atoms with Crippen LogP contribution in [0.5, 0.6) is 0 Å². The maximum absolute atomic E-state index is 8.68. The van der Waals surface area contributed by atoms with Crippen LogP contribution in [0.3, 0.4) is 0 Å². The smallest absolute Gasteiger partial charge is 0.170 e. The molecule has 2 rings (SSSR count). The Labute approximate surface area is 124 Å². The minimum absolute atomic E-state index is 0.132. The molecule has 21 heavy (non-hydrogen) atoms. The largest absolute Gasteiger partial charge is 0.409 e. The number of aryl methyl sites for hydroxylation is 2. The van der Waals surface area contributed by atoms with Gasteiger partial charge in [0.1, 0.15) is 5.82 Å². The molecule has 0 aliphatic carbocycles. The Bertz CT molecular complexity index is 633. The lowest BCUT2D eigenvalue weighted by Crippen LogP contribution is -2.19. The zero-order valence-corrected chi connectivity index (χ0v) is 12.4. The van der Waals surface area contributed by atoms with E-state index in [9.17, 15) is 0 Å². The van der Waals surface area contributed by atoms with Gasteiger partial charge < -0.3 is 20.8 Å². The lowest BCUT2D eigenvalue weighted by molar-refractivity contribution is 0.318. The molecular weight excluding hydrogens is 266 g/mol. The van der Waals surface area contributed by atoms with E-state index in [1.165, 1.54) is 5.56 Å². The third-order valence-electron chi connectivity index (χ3n) is 3.51. The van der Waals surface area contributed by atoms with Crippen molar-refractivity contribution in [2.75, 3.05) is 6.54 Å². The highest BCUT2D eigenvalue weighted by Gasteiger charge is 2.04. The highest BCUT2D eigenvalue weighted by molar-refractivity contribution is 5.97. The number of benzene rings is 1. The number of oxime groups is 1. The summed E-state index contributed by atoms with van der Waals surface area (Å²) in [5.74, 6) is 1.20. The fourth-order valence-corrected chi connectivity index (χ4v) is 2.17. The van der Waals surface area contributed by atoms with Crippen LogP contribution in [0.1, 0.15) is 22.5 Å². The normalized spacial score (nSPS) is 11.8. The first kappa shape index (κ1) is 15.1. The summed E-state index contributed by atoms with van der Waals surface area (Å²) in [6.45, 7) is 3.67. The molecule has 0 saturated carbocycles. The molecule has 0 bridgehead atoms. The van der Waals surface area contributed by atoms with Crippen molar-refractivity contribution in [2.45, 2.75) is 19.9 Å². The van der Waals surface area contributed by atoms with Gasteiger partial charge >= 0.3 is 0 Å². The van der Waals surface area contributed by atoms with Gasteiger partial charge in [-0.2, -0.15) is 0 Å². The van der Waals surface area contributed by atoms with Crippen molar-refractivity contribution in [1.29, 1.82) is 0 Å². The van der Waals surface area contributed by atoms with Gasteiger partial charge in [0.2, 0.25) is 0 Å². The number of hydrogen-bond donors (Lipinski definition) is 3. The average Bonchev–Trinajstić information content (AvgIpc) is 2.89. The predicted molar refractivity (Wildman–Crippen MR) is 82.3 cm³/mol. The standard InChI is InChI=1S/C15H21N5O/c1-11-9-12(15(16)19-21)3-4-13(11)10-17-6-5-14-18-7-8-20(14)2/h3-4,7-9,17,21H,5-6,10H2,1-2H3,(H2,16,19). The van der Waals surface area contributed by atoms with Crippen molar-refractivity contribution in [2.24, 2.45) is 17.9 Å². The molecule has 0 spiro atoms. The van der Waals surface area contributed by atoms with Crippen LogP contribution in [-0.2, 0) is 20.0 Å². The fraction of sp³-hybridized carbons (Fsp3) is 0.333. The summed E-state index contributed by atoms with van der Waals surface area (Å²) in [5, 5.41) is 15.1. The Kier molecular flexibility index (Phi) is 4.94. The Balaban J connectivity index is 1.87. The molecule has 1 aromatic heterocycles. The Hall–Kier alpha value is -2.34. The molecule has 4 N–H and O–H groups in total. The van der Waals surface area contributed by atoms with Crippen LogP contribution in [0, 0.1) is 6.92 Å². The van der Waals surface area contributed by atoms with Gasteiger partial charge in [-0.3, -0.25) is 0 Å². The molecule has 0 fully saturated rings. The number of nitrogens with zero attached hydrogens (tertiary/aromatic N) is 3. The van der Waals surface area contributed by atoms with Crippen molar-refractivity contribution >= 4 is 5.84 Å². The molecule has 1 aromatic carbocycles. The first-order chi connectivity index (χ1) is 10.1. The quantitative estimate of drug-likeness (QED) is 0.244. The molecule has 0 aliphatic heterocycles. The summed E-state index contributed by atoms with van der Waals surface area (Å²) in [4.78, 5) is 4.29. The van der Waals surface area contributed by atoms with Crippen LogP contribution in [-0.4, -0.2) is 27.1 Å². The highest BCUT2D eigenvalue weighted by Crippen LogP contribution is 2.11. The number of imidazole rings is 1. The summed E-state index contributed by atoms with van der Waals surface area (Å²) < 4.78 is 2.03. The van der Waals surface area contributed by atoms with Crippen LogP contribution in [0.2, 0.25) is 0 Å². The van der Waals surface area contributed by atoms with E-state index in [-0.39, 0.29) is 5.84 Å². The average molecular weight is 287 g/mol. The van der Waals surface area contributed by atoms with Crippen molar-refractivity contribution in [3.63, 3.8) is 0 Å². The molecule has 112 valence electrons. The summed E-state index contributed by atoms with van der Waals surface area (Å²) in [5.41, 5.74) is 8.62. The van der Waals surface area contributed by atoms with Gasteiger partial charge in [-0.1, -0.05) is 17.3 Å². The maximum Gasteiger partial charge on any atom is 0.170 e. The number of nitrogens with one attached hydrogen (secondary N) is 1. The molecule has 1 heterocycles. The van der Waals surface area contributed by atoms with Gasteiger partial charge in [-0.25, -0.2) is 4.98 Å². The van der Waals surface area contributed by atoms with Crippen LogP contribution >= 0.6 is 0 Å². The van der Waals surface area contributed by atoms with E-state index >= 15 is 0 Å². The van der Waals surface area contributed by atoms with E-state index in [2.05, 4.69) is 15.5 Å². The van der Waals surface area contributed by atoms with E-state index in [0.29, 0.717) is 0 Å². The molecule has 2 aromatic rings. The Morgan fingerprint density at radius 3 is 2.90 bits per heavy atom. The predicted octanol–water partition coefficient (Wildman–Crippen LogP) is 1.16. The van der Waals surface area contributed by atoms with Gasteiger partial charge in [0, 0.05) is 44.5 Å². The van der Waals surface area contributed by atoms with Crippen molar-refractivity contribution in [1.82, 2.24) is 14.9 Å². The third kappa shape index (κ3) is 3.82. The minimum Gasteiger partial charge on any atom is -0.409 e. The number of hydrogen-bond acceptors (Lipinski definition) is 4. The van der Waals surface area contributed by atoms with Gasteiger partial charge in [0.15, 0.2) is 5.84 Å². The van der Waals surface area contributed by atoms with Crippen LogP contribution in [0.15, 0.2) is 35.7 Å². The van der Waals surface area contributed by atoms with E-state index in [0.717, 1.165) is 36.5 Å². The number of aromatic nitrogens is 2. The first-order valence-electron chi connectivity index (χ1n) is 6.86. The van der Waals surface area contributed by atoms with Gasteiger partial charge in [-0.05, 0) is 24.1 Å². The summed E-state index contributed by atoms with van der Waals surface area (Å²) >= 11 is 0. The van der Waals surface area contributed by atoms with Crippen molar-refractivity contribution in [3.8, 4) is 0 Å². The molecule has 6 nitrogen and oxygen atoms in total. The second kappa shape index (κ2) is 6.90. The second-order valence-electron chi connectivity index (χ2n) is 5.01. The summed E-state index contributed by atoms with van der Waals surface area (Å²) in [6.07, 6.45) is 4.65. The molecule has 0 aliphatic rings. The first-order valence-corrected chi connectivity index (χ1v) is 6.86. The van der Waals surface area contributed by atoms with Gasteiger partial charge in [-0.15, -0.1) is 0 Å². The molecular formula is C15H21N5O. The van der Waals surface area contributed by atoms with Gasteiger partial charge in [0.05, 0.1) is 0 Å². The van der Waals surface area contributed by atoms with Crippen molar-refractivity contribution < 1.29 is 5.21 Å². The highest BCUT2D eigenvalue weighted by atomic mass is 16.4. The minimum atomic E-state index is 0.132. The molecule has 0 atom stereocenters. The Morgan fingerprint density at radius 1 is 1.48 bits per heavy atom. The molecule has 6 heteroatoms. The zero-order chi connectivity index (χ0) is 15.2. The van der Waals surface area contributed by atoms with E-state index in [4.69, 9.17) is 10.9 Å². The zero-order valence-electron chi connectivity index (χ0n) is 12.4. The van der Waals surface area contributed by atoms with Crippen molar-refractivity contribution in [3.05, 3.63) is 53.1 Å². The van der Waals surface area contributed by atoms with Crippen LogP contribution < -0.4 is 11.1 Å². The lowest BCUT2D eigenvalue weighted by atomic mass is 10.0. The Morgan fingerprint density at radius 2 is 2.29 bits per heavy atom. The molecule has 0 saturated heterocycles. The molecule has 0 unspecified atom stereocenters. The third-order valence-corrected chi connectivity index (χ3v) is 3.51. The van der Waals surface area contributed by atoms with E-state index in [1.54, 1.807) is 0 Å². The molecule has 0 radical (unpaired) electrons. The van der Waals surface area contributed by atoms with E-state index in [1.807, 2.05) is 49.1 Å². The number of rotatable bonds is 6. The number of amidine groups is 1. The SMILES string of the molecule is Cc1cc(/C(N)=N/O)ccc1CNCCc1nccn1C. The van der Waals surface area contributed by atoms with E-state index < -0.39 is 0 Å². The molecule has 0 amide bonds. The second-order valence-corrected chi connectivity index (χ2v) is 5.01. The number of nitrogens with two attached hydrogens (primary N) is 1.